The normalized spacial score (nSPS) is 14.1. The van der Waals surface area contributed by atoms with Gasteiger partial charge in [-0.05, 0) is 69.8 Å². The maximum absolute atomic E-state index is 10.7. The fourth-order valence-electron chi connectivity index (χ4n) is 2.16. The van der Waals surface area contributed by atoms with Crippen LogP contribution in [-0.2, 0) is 6.42 Å². The molecule has 0 fully saturated rings. The summed E-state index contributed by atoms with van der Waals surface area (Å²) in [5.74, 6) is 1.58. The second-order valence-corrected chi connectivity index (χ2v) is 9.18. The van der Waals surface area contributed by atoms with Gasteiger partial charge in [0.25, 0.3) is 0 Å². The summed E-state index contributed by atoms with van der Waals surface area (Å²) in [6.45, 7) is 4.51. The average Bonchev–Trinajstić information content (AvgIpc) is 2.46. The number of hydrogen-bond acceptors (Lipinski definition) is 1. The van der Waals surface area contributed by atoms with E-state index in [4.69, 9.17) is 4.74 Å². The van der Waals surface area contributed by atoms with Gasteiger partial charge in [0.05, 0.1) is 7.11 Å². The summed E-state index contributed by atoms with van der Waals surface area (Å²) in [6.07, 6.45) is 1.13. The molecule has 0 radical (unpaired) electrons. The average molecular weight is 512 g/mol. The molecule has 9 heteroatoms. The fourth-order valence-corrected chi connectivity index (χ4v) is 2.81. The van der Waals surface area contributed by atoms with Crippen LogP contribution in [-0.4, -0.2) is 7.11 Å². The van der Waals surface area contributed by atoms with E-state index in [1.54, 1.807) is 7.11 Å². The Morgan fingerprint density at radius 3 is 1.88 bits per heavy atom. The molecular formula is C17H20F6IOP. The van der Waals surface area contributed by atoms with E-state index in [0.717, 1.165) is 12.2 Å². The van der Waals surface area contributed by atoms with Crippen molar-refractivity contribution >= 4 is 30.4 Å². The van der Waals surface area contributed by atoms with E-state index < -0.39 is 7.81 Å². The van der Waals surface area contributed by atoms with Crippen molar-refractivity contribution in [3.8, 4) is 16.9 Å². The summed E-state index contributed by atoms with van der Waals surface area (Å²) in [5.41, 5.74) is 3.96. The minimum absolute atomic E-state index is 0. The molecule has 0 amide bonds. The Hall–Kier alpha value is -1.02. The van der Waals surface area contributed by atoms with Crippen molar-refractivity contribution < 1.29 is 31.3 Å². The van der Waals surface area contributed by atoms with Gasteiger partial charge >= 0.3 is 34.4 Å². The number of benzene rings is 2. The monoisotopic (exact) mass is 512 g/mol. The van der Waals surface area contributed by atoms with Crippen LogP contribution in [0.1, 0.15) is 20.8 Å². The molecule has 0 saturated carbocycles. The minimum atomic E-state index is -10.7. The first kappa shape index (κ1) is 23.0. The maximum atomic E-state index is 9.87. The van der Waals surface area contributed by atoms with E-state index in [1.807, 2.05) is 12.1 Å². The maximum Gasteiger partial charge on any atom is 1.00 e. The zero-order valence-corrected chi connectivity index (χ0v) is 17.4. The molecule has 0 bridgehead atoms. The first-order chi connectivity index (χ1) is 11.5. The standard InChI is InChI=1S/C17H19IO.F6P/c1-12(2)10-13-4-9-17(18)16(11-13)14-5-7-15(19-3)8-6-14;1-7(2,3,4,5)6/h4-9,11-12H,10H2,1-3H3;/q;-1/p+1. The van der Waals surface area contributed by atoms with E-state index >= 15 is 0 Å². The van der Waals surface area contributed by atoms with Crippen LogP contribution in [0.15, 0.2) is 42.5 Å². The van der Waals surface area contributed by atoms with Gasteiger partial charge in [0.1, 0.15) is 5.75 Å². The number of ether oxygens (including phenoxy) is 1. The zero-order valence-electron chi connectivity index (χ0n) is 15.3. The van der Waals surface area contributed by atoms with Crippen molar-refractivity contribution in [2.24, 2.45) is 5.92 Å². The summed E-state index contributed by atoms with van der Waals surface area (Å²) in [5, 5.41) is 0. The molecule has 148 valence electrons. The molecular weight excluding hydrogens is 492 g/mol. The van der Waals surface area contributed by atoms with Crippen LogP contribution in [0.4, 0.5) is 25.2 Å². The molecule has 0 aliphatic rings. The zero-order chi connectivity index (χ0) is 20.2. The first-order valence-corrected chi connectivity index (χ1v) is 10.6. The molecule has 0 N–H and O–H groups in total. The predicted octanol–water partition coefficient (Wildman–Crippen LogP) is 8.66. The first-order valence-electron chi connectivity index (χ1n) is 7.54. The van der Waals surface area contributed by atoms with Gasteiger partial charge in [-0.25, -0.2) is 0 Å². The van der Waals surface area contributed by atoms with Gasteiger partial charge in [0.2, 0.25) is 0 Å². The quantitative estimate of drug-likeness (QED) is 0.226. The fraction of sp³-hybridized carbons (Fsp3) is 0.294. The summed E-state index contributed by atoms with van der Waals surface area (Å²) in [4.78, 5) is 0. The van der Waals surface area contributed by atoms with Gasteiger partial charge in [0.15, 0.2) is 0 Å². The van der Waals surface area contributed by atoms with Crippen LogP contribution in [0.25, 0.3) is 11.1 Å². The summed E-state index contributed by atoms with van der Waals surface area (Å²) in [7, 11) is -8.96. The Bertz CT molecular complexity index is 737. The number of hydrogen-bond donors (Lipinski definition) is 0. The topological polar surface area (TPSA) is 9.23 Å². The Kier molecular flexibility index (Phi) is 6.68. The van der Waals surface area contributed by atoms with Crippen LogP contribution in [0.2, 0.25) is 0 Å². The molecule has 0 aliphatic heterocycles. The molecule has 0 unspecified atom stereocenters. The number of halogens is 7. The molecule has 0 atom stereocenters. The molecule has 0 saturated heterocycles. The second kappa shape index (κ2) is 7.54. The van der Waals surface area contributed by atoms with Gasteiger partial charge in [-0.1, -0.05) is 38.1 Å². The van der Waals surface area contributed by atoms with Crippen molar-refractivity contribution in [3.63, 3.8) is 0 Å². The van der Waals surface area contributed by atoms with E-state index in [-0.39, 0.29) is 1.43 Å². The van der Waals surface area contributed by atoms with Crippen LogP contribution < -0.4 is 4.74 Å². The van der Waals surface area contributed by atoms with Gasteiger partial charge < -0.3 is 4.74 Å². The number of methoxy groups -OCH3 is 1. The Labute approximate surface area is 163 Å². The smallest absolute Gasteiger partial charge is 1.00 e. The number of rotatable bonds is 4. The second-order valence-electron chi connectivity index (χ2n) is 6.10. The summed E-state index contributed by atoms with van der Waals surface area (Å²) < 4.78 is 65.7. The Morgan fingerprint density at radius 1 is 0.962 bits per heavy atom. The molecule has 2 rings (SSSR count). The van der Waals surface area contributed by atoms with Gasteiger partial charge in [-0.15, -0.1) is 0 Å². The van der Waals surface area contributed by atoms with Crippen molar-refractivity contribution in [2.75, 3.05) is 7.11 Å². The largest absolute Gasteiger partial charge is 1.00 e. The SMILES string of the molecule is COc1ccc(-c2cc(CC(C)C)ccc2I)cc1.F[P-](F)(F)(F)(F)F.[H+]. The van der Waals surface area contributed by atoms with Crippen molar-refractivity contribution in [2.45, 2.75) is 20.3 Å². The van der Waals surface area contributed by atoms with Gasteiger partial charge in [-0.2, -0.15) is 0 Å². The van der Waals surface area contributed by atoms with Gasteiger partial charge in [-0.3, -0.25) is 0 Å². The van der Waals surface area contributed by atoms with Crippen molar-refractivity contribution in [3.05, 3.63) is 51.6 Å². The van der Waals surface area contributed by atoms with E-state index in [0.29, 0.717) is 5.92 Å². The predicted molar refractivity (Wildman–Crippen MR) is 104 cm³/mol. The van der Waals surface area contributed by atoms with Crippen LogP contribution in [0.5, 0.6) is 5.75 Å². The van der Waals surface area contributed by atoms with Crippen molar-refractivity contribution in [1.29, 1.82) is 0 Å². The molecule has 2 aromatic carbocycles. The molecule has 0 aromatic heterocycles. The molecule has 2 aromatic rings. The molecule has 1 nitrogen and oxygen atoms in total. The summed E-state index contributed by atoms with van der Waals surface area (Å²) in [6, 6.07) is 15.0. The molecule has 26 heavy (non-hydrogen) atoms. The van der Waals surface area contributed by atoms with E-state index in [2.05, 4.69) is 66.8 Å². The minimum Gasteiger partial charge on any atom is 1.00 e. The molecule has 0 aliphatic carbocycles. The van der Waals surface area contributed by atoms with Gasteiger partial charge in [0, 0.05) is 3.57 Å². The van der Waals surface area contributed by atoms with Crippen LogP contribution in [0, 0.1) is 9.49 Å². The van der Waals surface area contributed by atoms with Crippen LogP contribution in [0.3, 0.4) is 0 Å². The Morgan fingerprint density at radius 2 is 1.46 bits per heavy atom. The van der Waals surface area contributed by atoms with E-state index in [9.17, 15) is 25.2 Å². The summed E-state index contributed by atoms with van der Waals surface area (Å²) >= 11 is 2.40. The molecule has 0 heterocycles. The van der Waals surface area contributed by atoms with Crippen molar-refractivity contribution in [1.82, 2.24) is 0 Å². The third-order valence-corrected chi connectivity index (χ3v) is 4.02. The third kappa shape index (κ3) is 10.9. The molecule has 0 spiro atoms. The van der Waals surface area contributed by atoms with Crippen LogP contribution >= 0.6 is 30.4 Å². The Balaban J connectivity index is 0.000000728. The van der Waals surface area contributed by atoms with E-state index in [1.165, 1.54) is 20.3 Å². The third-order valence-electron chi connectivity index (χ3n) is 3.08.